The minimum absolute atomic E-state index is 0.204. The fourth-order valence-corrected chi connectivity index (χ4v) is 1.99. The van der Waals surface area contributed by atoms with Crippen molar-refractivity contribution in [2.24, 2.45) is 0 Å². The highest BCUT2D eigenvalue weighted by molar-refractivity contribution is 7.11. The molecule has 1 aromatic carbocycles. The highest BCUT2D eigenvalue weighted by Gasteiger charge is 2.30. The maximum Gasteiger partial charge on any atom is 0.416 e. The SMILES string of the molecule is O=C([O-])c1nc(-c2ccc(C(F)(F)F)cc2)cs1. The molecule has 18 heavy (non-hydrogen) atoms. The Bertz CT molecular complexity index is 575. The number of aromatic nitrogens is 1. The number of aromatic carboxylic acids is 1. The number of carbonyl (C=O) groups excluding carboxylic acids is 1. The summed E-state index contributed by atoms with van der Waals surface area (Å²) in [6.45, 7) is 0. The van der Waals surface area contributed by atoms with Gasteiger partial charge in [-0.1, -0.05) is 12.1 Å². The zero-order chi connectivity index (χ0) is 13.3. The molecular weight excluding hydrogens is 267 g/mol. The van der Waals surface area contributed by atoms with Crippen LogP contribution >= 0.6 is 11.3 Å². The van der Waals surface area contributed by atoms with Gasteiger partial charge in [-0.3, -0.25) is 0 Å². The lowest BCUT2D eigenvalue weighted by Crippen LogP contribution is -2.21. The number of hydrogen-bond donors (Lipinski definition) is 0. The number of alkyl halides is 3. The van der Waals surface area contributed by atoms with Crippen molar-refractivity contribution in [1.29, 1.82) is 0 Å². The molecule has 1 aromatic heterocycles. The summed E-state index contributed by atoms with van der Waals surface area (Å²) >= 11 is 0.867. The molecule has 3 nitrogen and oxygen atoms in total. The molecule has 0 aliphatic carbocycles. The molecule has 0 saturated heterocycles. The molecule has 2 aromatic rings. The van der Waals surface area contributed by atoms with Gasteiger partial charge in [0.15, 0.2) is 0 Å². The maximum absolute atomic E-state index is 12.3. The first-order valence-corrected chi connectivity index (χ1v) is 5.60. The molecule has 0 N–H and O–H groups in total. The van der Waals surface area contributed by atoms with Gasteiger partial charge in [-0.15, -0.1) is 11.3 Å². The molecule has 0 aliphatic heterocycles. The third kappa shape index (κ3) is 2.51. The molecule has 94 valence electrons. The van der Waals surface area contributed by atoms with Crippen LogP contribution in [0.2, 0.25) is 0 Å². The highest BCUT2D eigenvalue weighted by Crippen LogP contribution is 2.31. The zero-order valence-electron chi connectivity index (χ0n) is 8.69. The molecule has 7 heteroatoms. The molecule has 1 heterocycles. The van der Waals surface area contributed by atoms with Crippen molar-refractivity contribution in [2.75, 3.05) is 0 Å². The molecule has 2 rings (SSSR count). The Morgan fingerprint density at radius 3 is 2.28 bits per heavy atom. The van der Waals surface area contributed by atoms with Gasteiger partial charge in [-0.05, 0) is 12.1 Å². The molecule has 0 radical (unpaired) electrons. The number of halogens is 3. The molecule has 0 spiro atoms. The largest absolute Gasteiger partial charge is 0.542 e. The van der Waals surface area contributed by atoms with Crippen molar-refractivity contribution in [2.45, 2.75) is 6.18 Å². The molecule has 0 unspecified atom stereocenters. The lowest BCUT2D eigenvalue weighted by molar-refractivity contribution is -0.255. The third-order valence-corrected chi connectivity index (χ3v) is 3.01. The Kier molecular flexibility index (Phi) is 3.08. The minimum atomic E-state index is -4.39. The number of carboxylic acid groups (broad SMARTS) is 1. The van der Waals surface area contributed by atoms with Gasteiger partial charge in [-0.25, -0.2) is 4.98 Å². The topological polar surface area (TPSA) is 53.0 Å². The predicted octanol–water partition coefficient (Wildman–Crippen LogP) is 2.19. The van der Waals surface area contributed by atoms with Gasteiger partial charge in [0.2, 0.25) is 0 Å². The summed E-state index contributed by atoms with van der Waals surface area (Å²) < 4.78 is 37.0. The fourth-order valence-electron chi connectivity index (χ4n) is 1.33. The van der Waals surface area contributed by atoms with E-state index in [4.69, 9.17) is 0 Å². The summed E-state index contributed by atoms with van der Waals surface area (Å²) in [7, 11) is 0. The number of carbonyl (C=O) groups is 1. The Morgan fingerprint density at radius 1 is 1.22 bits per heavy atom. The zero-order valence-corrected chi connectivity index (χ0v) is 9.51. The molecular formula is C11H5F3NO2S-. The molecule has 0 aliphatic rings. The average Bonchev–Trinajstić information content (AvgIpc) is 2.77. The van der Waals surface area contributed by atoms with Crippen molar-refractivity contribution in [3.8, 4) is 11.3 Å². The standard InChI is InChI=1S/C11H6F3NO2S/c12-11(13,14)7-3-1-6(2-4-7)8-5-18-9(15-8)10(16)17/h1-5H,(H,16,17)/p-1. The fraction of sp³-hybridized carbons (Fsp3) is 0.0909. The highest BCUT2D eigenvalue weighted by atomic mass is 32.1. The first kappa shape index (κ1) is 12.6. The Labute approximate surface area is 104 Å². The van der Waals surface area contributed by atoms with Crippen molar-refractivity contribution < 1.29 is 23.1 Å². The normalized spacial score (nSPS) is 11.5. The molecule has 0 saturated carbocycles. The van der Waals surface area contributed by atoms with Gasteiger partial charge in [0.05, 0.1) is 11.3 Å². The van der Waals surface area contributed by atoms with E-state index in [1.807, 2.05) is 0 Å². The summed E-state index contributed by atoms with van der Waals surface area (Å²) in [5.74, 6) is -1.40. The Morgan fingerprint density at radius 2 is 1.83 bits per heavy atom. The van der Waals surface area contributed by atoms with E-state index in [1.54, 1.807) is 0 Å². The van der Waals surface area contributed by atoms with Crippen LogP contribution in [-0.2, 0) is 6.18 Å². The van der Waals surface area contributed by atoms with Gasteiger partial charge in [0.25, 0.3) is 0 Å². The van der Waals surface area contributed by atoms with E-state index in [2.05, 4.69) is 4.98 Å². The van der Waals surface area contributed by atoms with Gasteiger partial charge < -0.3 is 9.90 Å². The number of rotatable bonds is 2. The minimum Gasteiger partial charge on any atom is -0.542 e. The first-order valence-electron chi connectivity index (χ1n) is 4.72. The third-order valence-electron chi connectivity index (χ3n) is 2.19. The van der Waals surface area contributed by atoms with Crippen LogP contribution in [0, 0.1) is 0 Å². The summed E-state index contributed by atoms with van der Waals surface area (Å²) in [5, 5.41) is 11.8. The van der Waals surface area contributed by atoms with E-state index in [0.717, 1.165) is 23.5 Å². The van der Waals surface area contributed by atoms with Crippen LogP contribution in [0.4, 0.5) is 13.2 Å². The van der Waals surface area contributed by atoms with E-state index >= 15 is 0 Å². The molecule has 0 amide bonds. The van der Waals surface area contributed by atoms with E-state index < -0.39 is 17.7 Å². The van der Waals surface area contributed by atoms with Crippen LogP contribution < -0.4 is 5.11 Å². The maximum atomic E-state index is 12.3. The van der Waals surface area contributed by atoms with Gasteiger partial charge >= 0.3 is 6.18 Å². The number of hydrogen-bond acceptors (Lipinski definition) is 4. The van der Waals surface area contributed by atoms with Crippen LogP contribution in [0.5, 0.6) is 0 Å². The van der Waals surface area contributed by atoms with Gasteiger partial charge in [0, 0.05) is 10.9 Å². The smallest absolute Gasteiger partial charge is 0.416 e. The lowest BCUT2D eigenvalue weighted by atomic mass is 10.1. The molecule has 0 fully saturated rings. The number of thiazole rings is 1. The monoisotopic (exact) mass is 272 g/mol. The van der Waals surface area contributed by atoms with E-state index in [0.29, 0.717) is 11.3 Å². The Hall–Kier alpha value is -1.89. The van der Waals surface area contributed by atoms with Gasteiger partial charge in [0.1, 0.15) is 11.0 Å². The molecule has 0 atom stereocenters. The first-order chi connectivity index (χ1) is 8.38. The van der Waals surface area contributed by atoms with Crippen LogP contribution in [0.25, 0.3) is 11.3 Å². The van der Waals surface area contributed by atoms with Crippen LogP contribution in [0.15, 0.2) is 29.6 Å². The quantitative estimate of drug-likeness (QED) is 0.842. The van der Waals surface area contributed by atoms with Gasteiger partial charge in [-0.2, -0.15) is 13.2 Å². The predicted molar refractivity (Wildman–Crippen MR) is 56.9 cm³/mol. The van der Waals surface area contributed by atoms with Crippen LogP contribution in [-0.4, -0.2) is 11.0 Å². The summed E-state index contributed by atoms with van der Waals surface area (Å²) in [6.07, 6.45) is -4.39. The lowest BCUT2D eigenvalue weighted by Gasteiger charge is -2.06. The van der Waals surface area contributed by atoms with Crippen molar-refractivity contribution in [3.63, 3.8) is 0 Å². The van der Waals surface area contributed by atoms with E-state index in [9.17, 15) is 23.1 Å². The summed E-state index contributed by atoms with van der Waals surface area (Å²) in [5.41, 5.74) is -0.0266. The van der Waals surface area contributed by atoms with Crippen molar-refractivity contribution in [1.82, 2.24) is 4.98 Å². The second kappa shape index (κ2) is 4.41. The number of benzene rings is 1. The summed E-state index contributed by atoms with van der Waals surface area (Å²) in [6, 6.07) is 4.34. The van der Waals surface area contributed by atoms with Crippen LogP contribution in [0.3, 0.4) is 0 Å². The summed E-state index contributed by atoms with van der Waals surface area (Å²) in [4.78, 5) is 14.3. The van der Waals surface area contributed by atoms with Crippen molar-refractivity contribution in [3.05, 3.63) is 40.2 Å². The van der Waals surface area contributed by atoms with Crippen LogP contribution in [0.1, 0.15) is 15.4 Å². The second-order valence-electron chi connectivity index (χ2n) is 3.40. The Balaban J connectivity index is 2.31. The number of carboxylic acids is 1. The number of nitrogens with zero attached hydrogens (tertiary/aromatic N) is 1. The molecule has 0 bridgehead atoms. The average molecular weight is 272 g/mol. The van der Waals surface area contributed by atoms with E-state index in [1.165, 1.54) is 17.5 Å². The van der Waals surface area contributed by atoms with Crippen molar-refractivity contribution >= 4 is 17.3 Å². The van der Waals surface area contributed by atoms with E-state index in [-0.39, 0.29) is 5.01 Å². The second-order valence-corrected chi connectivity index (χ2v) is 4.26.